The second-order valence-electron chi connectivity index (χ2n) is 3.24. The van der Waals surface area contributed by atoms with Gasteiger partial charge in [-0.2, -0.15) is 11.8 Å². The lowest BCUT2D eigenvalue weighted by Gasteiger charge is -2.00. The van der Waals surface area contributed by atoms with Crippen LogP contribution in [0.15, 0.2) is 6.20 Å². The van der Waals surface area contributed by atoms with Gasteiger partial charge < -0.3 is 10.3 Å². The summed E-state index contributed by atoms with van der Waals surface area (Å²) in [6, 6.07) is 0. The molecule has 3 nitrogen and oxygen atoms in total. The van der Waals surface area contributed by atoms with Crippen molar-refractivity contribution in [3.63, 3.8) is 0 Å². The van der Waals surface area contributed by atoms with E-state index in [1.165, 1.54) is 0 Å². The van der Waals surface area contributed by atoms with E-state index in [1.807, 2.05) is 22.5 Å². The lowest BCUT2D eigenvalue weighted by atomic mass is 10.5. The van der Waals surface area contributed by atoms with Crippen LogP contribution in [0.3, 0.4) is 0 Å². The fourth-order valence-electron chi connectivity index (χ4n) is 1.06. The van der Waals surface area contributed by atoms with Gasteiger partial charge in [-0.3, -0.25) is 0 Å². The summed E-state index contributed by atoms with van der Waals surface area (Å²) < 4.78 is 1.97. The summed E-state index contributed by atoms with van der Waals surface area (Å²) in [5.74, 6) is 1.58. The first-order valence-corrected chi connectivity index (χ1v) is 5.61. The quantitative estimate of drug-likeness (QED) is 0.808. The highest BCUT2D eigenvalue weighted by Crippen LogP contribution is 2.17. The highest BCUT2D eigenvalue weighted by molar-refractivity contribution is 7.99. The maximum Gasteiger partial charge on any atom is 0.200 e. The van der Waals surface area contributed by atoms with Gasteiger partial charge in [0.25, 0.3) is 0 Å². The van der Waals surface area contributed by atoms with Crippen LogP contribution in [0.25, 0.3) is 0 Å². The number of nitrogen functional groups attached to an aromatic ring is 1. The summed E-state index contributed by atoms with van der Waals surface area (Å²) in [6.45, 7) is 7.33. The molecule has 13 heavy (non-hydrogen) atoms. The van der Waals surface area contributed by atoms with Crippen LogP contribution < -0.4 is 5.73 Å². The SMILES string of the molecule is CCn1cc(CSC(C)C)nc1N. The van der Waals surface area contributed by atoms with Gasteiger partial charge in [0.1, 0.15) is 0 Å². The van der Waals surface area contributed by atoms with Gasteiger partial charge in [0, 0.05) is 18.5 Å². The molecule has 0 aliphatic heterocycles. The Hall–Kier alpha value is -0.640. The Balaban J connectivity index is 2.57. The number of nitrogens with two attached hydrogens (primary N) is 1. The minimum atomic E-state index is 0.627. The van der Waals surface area contributed by atoms with Crippen LogP contribution in [0.2, 0.25) is 0 Å². The minimum absolute atomic E-state index is 0.627. The van der Waals surface area contributed by atoms with E-state index in [9.17, 15) is 0 Å². The first-order valence-electron chi connectivity index (χ1n) is 4.56. The van der Waals surface area contributed by atoms with Crippen LogP contribution in [-0.2, 0) is 12.3 Å². The molecule has 2 N–H and O–H groups in total. The van der Waals surface area contributed by atoms with E-state index >= 15 is 0 Å². The van der Waals surface area contributed by atoms with Crippen LogP contribution in [0.1, 0.15) is 26.5 Å². The van der Waals surface area contributed by atoms with Crippen molar-refractivity contribution >= 4 is 17.7 Å². The molecule has 0 fully saturated rings. The number of hydrogen-bond acceptors (Lipinski definition) is 3. The van der Waals surface area contributed by atoms with Gasteiger partial charge >= 0.3 is 0 Å². The topological polar surface area (TPSA) is 43.8 Å². The number of thioether (sulfide) groups is 1. The monoisotopic (exact) mass is 199 g/mol. The van der Waals surface area contributed by atoms with Crippen LogP contribution in [0, 0.1) is 0 Å². The summed E-state index contributed by atoms with van der Waals surface area (Å²) in [5, 5.41) is 0.646. The molecule has 0 spiro atoms. The van der Waals surface area contributed by atoms with Crippen LogP contribution in [0.4, 0.5) is 5.95 Å². The number of aryl methyl sites for hydroxylation is 1. The van der Waals surface area contributed by atoms with Crippen LogP contribution in [0.5, 0.6) is 0 Å². The van der Waals surface area contributed by atoms with Crippen LogP contribution >= 0.6 is 11.8 Å². The predicted octanol–water partition coefficient (Wildman–Crippen LogP) is 2.13. The zero-order chi connectivity index (χ0) is 9.84. The molecule has 0 aliphatic rings. The number of rotatable bonds is 4. The van der Waals surface area contributed by atoms with Crippen molar-refractivity contribution in [2.24, 2.45) is 0 Å². The second kappa shape index (κ2) is 4.56. The summed E-state index contributed by atoms with van der Waals surface area (Å²) in [7, 11) is 0. The molecule has 0 saturated carbocycles. The maximum absolute atomic E-state index is 5.70. The van der Waals surface area contributed by atoms with Crippen molar-refractivity contribution < 1.29 is 0 Å². The molecule has 4 heteroatoms. The van der Waals surface area contributed by atoms with Crippen molar-refractivity contribution in [3.8, 4) is 0 Å². The normalized spacial score (nSPS) is 11.1. The van der Waals surface area contributed by atoms with Gasteiger partial charge in [-0.1, -0.05) is 13.8 Å². The lowest BCUT2D eigenvalue weighted by molar-refractivity contribution is 0.773. The first kappa shape index (κ1) is 10.4. The largest absolute Gasteiger partial charge is 0.369 e. The van der Waals surface area contributed by atoms with Gasteiger partial charge in [0.15, 0.2) is 5.95 Å². The zero-order valence-corrected chi connectivity index (χ0v) is 9.27. The smallest absolute Gasteiger partial charge is 0.200 e. The van der Waals surface area contributed by atoms with Gasteiger partial charge in [0.2, 0.25) is 0 Å². The molecule has 1 aromatic rings. The minimum Gasteiger partial charge on any atom is -0.369 e. The molecular weight excluding hydrogens is 182 g/mol. The molecule has 74 valence electrons. The van der Waals surface area contributed by atoms with E-state index in [0.29, 0.717) is 11.2 Å². The molecule has 0 radical (unpaired) electrons. The van der Waals surface area contributed by atoms with Crippen molar-refractivity contribution in [1.82, 2.24) is 9.55 Å². The van der Waals surface area contributed by atoms with Crippen molar-refractivity contribution in [1.29, 1.82) is 0 Å². The average molecular weight is 199 g/mol. The fraction of sp³-hybridized carbons (Fsp3) is 0.667. The van der Waals surface area contributed by atoms with Crippen molar-refractivity contribution in [2.45, 2.75) is 38.3 Å². The van der Waals surface area contributed by atoms with Crippen LogP contribution in [-0.4, -0.2) is 14.8 Å². The molecule has 0 saturated heterocycles. The number of aromatic nitrogens is 2. The van der Waals surface area contributed by atoms with Crippen molar-refractivity contribution in [2.75, 3.05) is 5.73 Å². The third-order valence-electron chi connectivity index (χ3n) is 1.76. The Kier molecular flexibility index (Phi) is 3.66. The fourth-order valence-corrected chi connectivity index (χ4v) is 1.70. The molecule has 0 aliphatic carbocycles. The Bertz CT molecular complexity index is 268. The van der Waals surface area contributed by atoms with E-state index in [-0.39, 0.29) is 0 Å². The molecule has 1 aromatic heterocycles. The second-order valence-corrected chi connectivity index (χ2v) is 4.80. The molecule has 1 rings (SSSR count). The van der Waals surface area contributed by atoms with Gasteiger partial charge in [-0.15, -0.1) is 0 Å². The summed E-state index contributed by atoms with van der Waals surface area (Å²) in [5.41, 5.74) is 6.78. The predicted molar refractivity (Wildman–Crippen MR) is 58.7 cm³/mol. The third-order valence-corrected chi connectivity index (χ3v) is 2.89. The van der Waals surface area contributed by atoms with Gasteiger partial charge in [-0.05, 0) is 12.2 Å². The third kappa shape index (κ3) is 2.95. The Morgan fingerprint density at radius 3 is 2.77 bits per heavy atom. The Labute approximate surface area is 83.7 Å². The molecular formula is C9H17N3S. The number of nitrogens with zero attached hydrogens (tertiary/aromatic N) is 2. The van der Waals surface area contributed by atoms with E-state index in [2.05, 4.69) is 25.8 Å². The van der Waals surface area contributed by atoms with E-state index in [4.69, 9.17) is 5.73 Å². The highest BCUT2D eigenvalue weighted by Gasteiger charge is 2.04. The van der Waals surface area contributed by atoms with Gasteiger partial charge in [0.05, 0.1) is 5.69 Å². The molecule has 0 amide bonds. The van der Waals surface area contributed by atoms with Crippen molar-refractivity contribution in [3.05, 3.63) is 11.9 Å². The molecule has 0 aromatic carbocycles. The molecule has 0 atom stereocenters. The van der Waals surface area contributed by atoms with E-state index in [0.717, 1.165) is 18.0 Å². The number of imidazole rings is 1. The average Bonchev–Trinajstić information content (AvgIpc) is 2.43. The zero-order valence-electron chi connectivity index (χ0n) is 8.45. The number of anilines is 1. The summed E-state index contributed by atoms with van der Waals surface area (Å²) >= 11 is 1.89. The molecule has 1 heterocycles. The first-order chi connectivity index (χ1) is 6.13. The van der Waals surface area contributed by atoms with E-state index < -0.39 is 0 Å². The summed E-state index contributed by atoms with van der Waals surface area (Å²) in [6.07, 6.45) is 2.03. The maximum atomic E-state index is 5.70. The molecule has 0 bridgehead atoms. The van der Waals surface area contributed by atoms with Gasteiger partial charge in [-0.25, -0.2) is 4.98 Å². The Morgan fingerprint density at radius 1 is 1.62 bits per heavy atom. The lowest BCUT2D eigenvalue weighted by Crippen LogP contribution is -1.98. The van der Waals surface area contributed by atoms with E-state index in [1.54, 1.807) is 0 Å². The highest BCUT2D eigenvalue weighted by atomic mass is 32.2. The number of hydrogen-bond donors (Lipinski definition) is 1. The Morgan fingerprint density at radius 2 is 2.31 bits per heavy atom. The molecule has 0 unspecified atom stereocenters. The standard InChI is InChI=1S/C9H17N3S/c1-4-12-5-8(11-9(12)10)6-13-7(2)3/h5,7H,4,6H2,1-3H3,(H2,10,11). The summed E-state index contributed by atoms with van der Waals surface area (Å²) in [4.78, 5) is 4.27.